The van der Waals surface area contributed by atoms with Crippen molar-refractivity contribution in [2.24, 2.45) is 0 Å². The SMILES string of the molecule is CCOCC(C)n1cncc1C1CNCCO1. The van der Waals surface area contributed by atoms with Gasteiger partial charge in [0, 0.05) is 19.7 Å². The molecule has 2 heterocycles. The summed E-state index contributed by atoms with van der Waals surface area (Å²) in [5, 5.41) is 3.34. The normalized spacial score (nSPS) is 22.6. The summed E-state index contributed by atoms with van der Waals surface area (Å²) in [7, 11) is 0. The number of hydrogen-bond acceptors (Lipinski definition) is 4. The van der Waals surface area contributed by atoms with Gasteiger partial charge in [-0.25, -0.2) is 4.98 Å². The van der Waals surface area contributed by atoms with Crippen LogP contribution in [-0.4, -0.2) is 42.5 Å². The van der Waals surface area contributed by atoms with Crippen LogP contribution in [-0.2, 0) is 9.47 Å². The molecule has 1 N–H and O–H groups in total. The highest BCUT2D eigenvalue weighted by atomic mass is 16.5. The van der Waals surface area contributed by atoms with E-state index in [2.05, 4.69) is 21.8 Å². The van der Waals surface area contributed by atoms with E-state index in [1.54, 1.807) is 0 Å². The molecule has 0 spiro atoms. The van der Waals surface area contributed by atoms with Gasteiger partial charge in [0.2, 0.25) is 0 Å². The van der Waals surface area contributed by atoms with Crippen molar-refractivity contribution in [1.82, 2.24) is 14.9 Å². The summed E-state index contributed by atoms with van der Waals surface area (Å²) in [4.78, 5) is 4.23. The molecule has 5 heteroatoms. The maximum Gasteiger partial charge on any atom is 0.111 e. The number of imidazole rings is 1. The van der Waals surface area contributed by atoms with Crippen molar-refractivity contribution in [3.63, 3.8) is 0 Å². The van der Waals surface area contributed by atoms with Crippen LogP contribution in [0.2, 0.25) is 0 Å². The fourth-order valence-corrected chi connectivity index (χ4v) is 2.06. The van der Waals surface area contributed by atoms with E-state index in [0.717, 1.165) is 32.0 Å². The number of rotatable bonds is 5. The molecule has 2 atom stereocenters. The average molecular weight is 239 g/mol. The number of ether oxygens (including phenoxy) is 2. The Bertz CT molecular complexity index is 334. The molecule has 0 bridgehead atoms. The minimum atomic E-state index is 0.107. The second-order valence-electron chi connectivity index (χ2n) is 4.30. The van der Waals surface area contributed by atoms with Crippen molar-refractivity contribution in [3.05, 3.63) is 18.2 Å². The molecule has 0 aromatic carbocycles. The van der Waals surface area contributed by atoms with E-state index in [0.29, 0.717) is 6.61 Å². The average Bonchev–Trinajstić information content (AvgIpc) is 2.86. The van der Waals surface area contributed by atoms with Gasteiger partial charge in [-0.3, -0.25) is 0 Å². The Kier molecular flexibility index (Phi) is 4.53. The summed E-state index contributed by atoms with van der Waals surface area (Å²) in [6, 6.07) is 0.290. The molecule has 1 aliphatic heterocycles. The van der Waals surface area contributed by atoms with Crippen LogP contribution in [0.15, 0.2) is 12.5 Å². The fraction of sp³-hybridized carbons (Fsp3) is 0.750. The van der Waals surface area contributed by atoms with Gasteiger partial charge < -0.3 is 19.4 Å². The van der Waals surface area contributed by atoms with Crippen molar-refractivity contribution in [2.45, 2.75) is 26.0 Å². The molecule has 2 unspecified atom stereocenters. The Balaban J connectivity index is 2.04. The number of aromatic nitrogens is 2. The minimum Gasteiger partial charge on any atom is -0.380 e. The van der Waals surface area contributed by atoms with Crippen LogP contribution in [0.4, 0.5) is 0 Å². The van der Waals surface area contributed by atoms with Crippen LogP contribution >= 0.6 is 0 Å². The molecule has 1 saturated heterocycles. The van der Waals surface area contributed by atoms with Crippen LogP contribution in [0.1, 0.15) is 31.7 Å². The van der Waals surface area contributed by atoms with E-state index in [1.165, 1.54) is 0 Å². The van der Waals surface area contributed by atoms with E-state index in [4.69, 9.17) is 9.47 Å². The minimum absolute atomic E-state index is 0.107. The van der Waals surface area contributed by atoms with Crippen LogP contribution in [0.25, 0.3) is 0 Å². The second kappa shape index (κ2) is 6.14. The Morgan fingerprint density at radius 1 is 1.71 bits per heavy atom. The lowest BCUT2D eigenvalue weighted by atomic mass is 10.2. The van der Waals surface area contributed by atoms with Crippen molar-refractivity contribution in [2.75, 3.05) is 32.9 Å². The van der Waals surface area contributed by atoms with Crippen LogP contribution in [0.5, 0.6) is 0 Å². The third-order valence-corrected chi connectivity index (χ3v) is 2.99. The molecule has 0 radical (unpaired) electrons. The van der Waals surface area contributed by atoms with Gasteiger partial charge in [0.15, 0.2) is 0 Å². The number of nitrogens with one attached hydrogen (secondary N) is 1. The summed E-state index contributed by atoms with van der Waals surface area (Å²) in [6.45, 7) is 8.14. The molecule has 0 aliphatic carbocycles. The molecule has 2 rings (SSSR count). The standard InChI is InChI=1S/C12H21N3O2/c1-3-16-8-10(2)15-9-14-6-11(15)12-7-13-4-5-17-12/h6,9-10,12-13H,3-5,7-8H2,1-2H3. The van der Waals surface area contributed by atoms with E-state index >= 15 is 0 Å². The molecule has 1 aromatic rings. The van der Waals surface area contributed by atoms with E-state index in [1.807, 2.05) is 19.4 Å². The fourth-order valence-electron chi connectivity index (χ4n) is 2.06. The van der Waals surface area contributed by atoms with Crippen LogP contribution in [0, 0.1) is 0 Å². The third kappa shape index (κ3) is 3.06. The number of hydrogen-bond donors (Lipinski definition) is 1. The molecule has 1 aliphatic rings. The first-order chi connectivity index (χ1) is 8.33. The lowest BCUT2D eigenvalue weighted by molar-refractivity contribution is 0.0204. The Labute approximate surface area is 102 Å². The Morgan fingerprint density at radius 3 is 3.29 bits per heavy atom. The Morgan fingerprint density at radius 2 is 2.59 bits per heavy atom. The second-order valence-corrected chi connectivity index (χ2v) is 4.30. The summed E-state index contributed by atoms with van der Waals surface area (Å²) >= 11 is 0. The summed E-state index contributed by atoms with van der Waals surface area (Å²) in [5.74, 6) is 0. The van der Waals surface area contributed by atoms with Crippen LogP contribution in [0.3, 0.4) is 0 Å². The zero-order valence-corrected chi connectivity index (χ0v) is 10.6. The third-order valence-electron chi connectivity index (χ3n) is 2.99. The first kappa shape index (κ1) is 12.5. The molecule has 1 fully saturated rings. The zero-order valence-electron chi connectivity index (χ0n) is 10.6. The molecule has 17 heavy (non-hydrogen) atoms. The molecule has 5 nitrogen and oxygen atoms in total. The summed E-state index contributed by atoms with van der Waals surface area (Å²) < 4.78 is 13.4. The molecule has 96 valence electrons. The highest BCUT2D eigenvalue weighted by molar-refractivity contribution is 5.06. The van der Waals surface area contributed by atoms with Gasteiger partial charge in [-0.1, -0.05) is 0 Å². The van der Waals surface area contributed by atoms with Crippen LogP contribution < -0.4 is 5.32 Å². The quantitative estimate of drug-likeness (QED) is 0.837. The van der Waals surface area contributed by atoms with Crippen molar-refractivity contribution in [1.29, 1.82) is 0 Å². The largest absolute Gasteiger partial charge is 0.380 e. The highest BCUT2D eigenvalue weighted by Crippen LogP contribution is 2.21. The highest BCUT2D eigenvalue weighted by Gasteiger charge is 2.21. The van der Waals surface area contributed by atoms with Gasteiger partial charge in [0.25, 0.3) is 0 Å². The van der Waals surface area contributed by atoms with Gasteiger partial charge in [-0.15, -0.1) is 0 Å². The summed E-state index contributed by atoms with van der Waals surface area (Å²) in [5.41, 5.74) is 1.13. The lowest BCUT2D eigenvalue weighted by Gasteiger charge is -2.26. The first-order valence-electron chi connectivity index (χ1n) is 6.24. The Hall–Kier alpha value is -0.910. The van der Waals surface area contributed by atoms with E-state index in [9.17, 15) is 0 Å². The zero-order chi connectivity index (χ0) is 12.1. The molecule has 0 saturated carbocycles. The topological polar surface area (TPSA) is 48.3 Å². The first-order valence-corrected chi connectivity index (χ1v) is 6.24. The molecule has 1 aromatic heterocycles. The number of morpholine rings is 1. The number of nitrogens with zero attached hydrogens (tertiary/aromatic N) is 2. The van der Waals surface area contributed by atoms with Gasteiger partial charge in [0.05, 0.1) is 37.5 Å². The lowest BCUT2D eigenvalue weighted by Crippen LogP contribution is -2.34. The maximum atomic E-state index is 5.75. The van der Waals surface area contributed by atoms with Gasteiger partial charge in [-0.2, -0.15) is 0 Å². The maximum absolute atomic E-state index is 5.75. The smallest absolute Gasteiger partial charge is 0.111 e. The molecule has 0 amide bonds. The monoisotopic (exact) mass is 239 g/mol. The summed E-state index contributed by atoms with van der Waals surface area (Å²) in [6.07, 6.45) is 3.85. The predicted octanol–water partition coefficient (Wildman–Crippen LogP) is 1.14. The van der Waals surface area contributed by atoms with E-state index < -0.39 is 0 Å². The van der Waals surface area contributed by atoms with Gasteiger partial charge in [0.1, 0.15) is 6.10 Å². The van der Waals surface area contributed by atoms with Gasteiger partial charge >= 0.3 is 0 Å². The van der Waals surface area contributed by atoms with E-state index in [-0.39, 0.29) is 12.1 Å². The molecular weight excluding hydrogens is 218 g/mol. The predicted molar refractivity (Wildman–Crippen MR) is 65.0 cm³/mol. The molecular formula is C12H21N3O2. The van der Waals surface area contributed by atoms with Crippen molar-refractivity contribution in [3.8, 4) is 0 Å². The van der Waals surface area contributed by atoms with Crippen molar-refractivity contribution >= 4 is 0 Å². The van der Waals surface area contributed by atoms with Crippen molar-refractivity contribution < 1.29 is 9.47 Å². The van der Waals surface area contributed by atoms with Gasteiger partial charge in [-0.05, 0) is 13.8 Å².